The first-order chi connectivity index (χ1) is 14.2. The number of rotatable bonds is 4. The van der Waals surface area contributed by atoms with E-state index < -0.39 is 0 Å². The summed E-state index contributed by atoms with van der Waals surface area (Å²) in [6, 6.07) is 10.6. The zero-order valence-corrected chi connectivity index (χ0v) is 18.7. The van der Waals surface area contributed by atoms with Crippen LogP contribution >= 0.6 is 0 Å². The molecule has 0 fully saturated rings. The Hall–Kier alpha value is -2.66. The molecule has 1 unspecified atom stereocenters. The number of hydrogen-bond acceptors (Lipinski definition) is 3. The predicted octanol–water partition coefficient (Wildman–Crippen LogP) is 4.03. The quantitative estimate of drug-likeness (QED) is 0.714. The van der Waals surface area contributed by atoms with E-state index in [1.165, 1.54) is 27.7 Å². The Labute approximate surface area is 179 Å². The van der Waals surface area contributed by atoms with Gasteiger partial charge in [-0.25, -0.2) is 0 Å². The molecule has 0 aliphatic carbocycles. The summed E-state index contributed by atoms with van der Waals surface area (Å²) in [6.45, 7) is 10.9. The summed E-state index contributed by atoms with van der Waals surface area (Å²) in [4.78, 5) is 19.9. The van der Waals surface area contributed by atoms with Gasteiger partial charge in [0, 0.05) is 60.6 Å². The van der Waals surface area contributed by atoms with E-state index in [1.807, 2.05) is 32.9 Å². The van der Waals surface area contributed by atoms with Crippen molar-refractivity contribution in [3.05, 3.63) is 65.1 Å². The highest BCUT2D eigenvalue weighted by atomic mass is 16.2. The second kappa shape index (κ2) is 7.88. The molecular formula is C25H32N4O. The molecule has 1 aliphatic rings. The molecule has 5 nitrogen and oxygen atoms in total. The van der Waals surface area contributed by atoms with E-state index >= 15 is 0 Å². The standard InChI is InChI=1S/C25H32N4O/c1-17-6-7-22-19(14-17)21-15-28(5)13-10-23(21)29(22)16-20(18-8-11-26-12-9-18)24(30)27-25(2,3)4/h6-9,11-12,14,20H,10,13,15-16H2,1-5H3,(H,27,30). The van der Waals surface area contributed by atoms with Crippen LogP contribution in [0.1, 0.15) is 49.1 Å². The fourth-order valence-corrected chi connectivity index (χ4v) is 4.48. The number of nitrogens with one attached hydrogen (secondary N) is 1. The van der Waals surface area contributed by atoms with Gasteiger partial charge in [0.2, 0.25) is 5.91 Å². The number of carbonyl (C=O) groups excluding carboxylic acids is 1. The van der Waals surface area contributed by atoms with Crippen molar-refractivity contribution >= 4 is 16.8 Å². The summed E-state index contributed by atoms with van der Waals surface area (Å²) in [6.07, 6.45) is 4.55. The Morgan fingerprint density at radius 3 is 2.63 bits per heavy atom. The van der Waals surface area contributed by atoms with Gasteiger partial charge in [0.25, 0.3) is 0 Å². The third kappa shape index (κ3) is 4.12. The summed E-state index contributed by atoms with van der Waals surface area (Å²) >= 11 is 0. The smallest absolute Gasteiger partial charge is 0.229 e. The van der Waals surface area contributed by atoms with E-state index in [9.17, 15) is 4.79 Å². The number of aryl methyl sites for hydroxylation is 1. The number of carbonyl (C=O) groups is 1. The van der Waals surface area contributed by atoms with Gasteiger partial charge in [-0.05, 0) is 70.1 Å². The monoisotopic (exact) mass is 404 g/mol. The molecule has 4 rings (SSSR count). The van der Waals surface area contributed by atoms with Crippen molar-refractivity contribution in [3.63, 3.8) is 0 Å². The van der Waals surface area contributed by atoms with E-state index in [1.54, 1.807) is 12.4 Å². The molecule has 2 aromatic heterocycles. The summed E-state index contributed by atoms with van der Waals surface area (Å²) in [5, 5.41) is 4.51. The third-order valence-corrected chi connectivity index (χ3v) is 5.89. The van der Waals surface area contributed by atoms with Gasteiger partial charge in [-0.2, -0.15) is 0 Å². The second-order valence-electron chi connectivity index (χ2n) is 9.62. The average molecular weight is 405 g/mol. The number of likely N-dealkylation sites (N-methyl/N-ethyl adjacent to an activating group) is 1. The summed E-state index contributed by atoms with van der Waals surface area (Å²) < 4.78 is 2.39. The molecule has 1 N–H and O–H groups in total. The van der Waals surface area contributed by atoms with E-state index in [0.717, 1.165) is 25.1 Å². The van der Waals surface area contributed by atoms with Crippen LogP contribution in [0.25, 0.3) is 10.9 Å². The number of fused-ring (bicyclic) bond motifs is 3. The van der Waals surface area contributed by atoms with Gasteiger partial charge < -0.3 is 14.8 Å². The summed E-state index contributed by atoms with van der Waals surface area (Å²) in [7, 11) is 2.18. The van der Waals surface area contributed by atoms with Crippen molar-refractivity contribution in [2.24, 2.45) is 0 Å². The third-order valence-electron chi connectivity index (χ3n) is 5.89. The molecule has 3 aromatic rings. The first kappa shape index (κ1) is 20.6. The van der Waals surface area contributed by atoms with Crippen LogP contribution in [0, 0.1) is 6.92 Å². The highest BCUT2D eigenvalue weighted by Gasteiger charge is 2.29. The Morgan fingerprint density at radius 1 is 1.20 bits per heavy atom. The molecule has 1 amide bonds. The lowest BCUT2D eigenvalue weighted by Crippen LogP contribution is -2.44. The SMILES string of the molecule is Cc1ccc2c(c1)c1c(n2CC(C(=O)NC(C)(C)C)c2ccncc2)CCN(C)C1. The van der Waals surface area contributed by atoms with Gasteiger partial charge in [-0.1, -0.05) is 11.6 Å². The Bertz CT molecular complexity index is 1060. The van der Waals surface area contributed by atoms with Gasteiger partial charge in [-0.3, -0.25) is 9.78 Å². The second-order valence-corrected chi connectivity index (χ2v) is 9.62. The minimum absolute atomic E-state index is 0.0596. The molecule has 30 heavy (non-hydrogen) atoms. The maximum absolute atomic E-state index is 13.3. The first-order valence-electron chi connectivity index (χ1n) is 10.7. The Morgan fingerprint density at radius 2 is 1.93 bits per heavy atom. The number of amides is 1. The van der Waals surface area contributed by atoms with Crippen LogP contribution in [0.3, 0.4) is 0 Å². The summed E-state index contributed by atoms with van der Waals surface area (Å²) in [5.41, 5.74) is 6.00. The average Bonchev–Trinajstić information content (AvgIpc) is 2.97. The van der Waals surface area contributed by atoms with Crippen molar-refractivity contribution in [3.8, 4) is 0 Å². The van der Waals surface area contributed by atoms with E-state index in [-0.39, 0.29) is 17.4 Å². The normalized spacial score (nSPS) is 15.8. The van der Waals surface area contributed by atoms with Gasteiger partial charge >= 0.3 is 0 Å². The fourth-order valence-electron chi connectivity index (χ4n) is 4.48. The lowest BCUT2D eigenvalue weighted by Gasteiger charge is -2.28. The molecule has 1 aliphatic heterocycles. The number of nitrogens with zero attached hydrogens (tertiary/aromatic N) is 3. The van der Waals surface area contributed by atoms with Crippen LogP contribution in [0.15, 0.2) is 42.7 Å². The Balaban J connectivity index is 1.81. The van der Waals surface area contributed by atoms with Gasteiger partial charge in [0.1, 0.15) is 0 Å². The van der Waals surface area contributed by atoms with Crippen molar-refractivity contribution in [2.45, 2.75) is 58.7 Å². The zero-order valence-electron chi connectivity index (χ0n) is 18.7. The minimum atomic E-state index is -0.277. The zero-order chi connectivity index (χ0) is 21.5. The maximum Gasteiger partial charge on any atom is 0.229 e. The van der Waals surface area contributed by atoms with Crippen molar-refractivity contribution < 1.29 is 4.79 Å². The molecule has 1 atom stereocenters. The molecule has 0 bridgehead atoms. The van der Waals surface area contributed by atoms with Crippen molar-refractivity contribution in [1.82, 2.24) is 19.8 Å². The van der Waals surface area contributed by atoms with E-state index in [4.69, 9.17) is 0 Å². The summed E-state index contributed by atoms with van der Waals surface area (Å²) in [5.74, 6) is -0.211. The molecule has 1 aromatic carbocycles. The topological polar surface area (TPSA) is 50.2 Å². The Kier molecular flexibility index (Phi) is 5.41. The van der Waals surface area contributed by atoms with Gasteiger partial charge in [-0.15, -0.1) is 0 Å². The highest BCUT2D eigenvalue weighted by molar-refractivity contribution is 5.88. The molecule has 0 saturated carbocycles. The van der Waals surface area contributed by atoms with Crippen molar-refractivity contribution in [1.29, 1.82) is 0 Å². The van der Waals surface area contributed by atoms with Gasteiger partial charge in [0.05, 0.1) is 5.92 Å². The number of hydrogen-bond donors (Lipinski definition) is 1. The molecule has 158 valence electrons. The maximum atomic E-state index is 13.3. The molecular weight excluding hydrogens is 372 g/mol. The lowest BCUT2D eigenvalue weighted by atomic mass is 9.97. The minimum Gasteiger partial charge on any atom is -0.351 e. The number of pyridine rings is 1. The van der Waals surface area contributed by atoms with Crippen LogP contribution in [0.4, 0.5) is 0 Å². The molecule has 3 heterocycles. The fraction of sp³-hybridized carbons (Fsp3) is 0.440. The molecule has 0 saturated heterocycles. The van der Waals surface area contributed by atoms with Gasteiger partial charge in [0.15, 0.2) is 0 Å². The van der Waals surface area contributed by atoms with Crippen LogP contribution in [-0.4, -0.2) is 39.5 Å². The van der Waals surface area contributed by atoms with E-state index in [0.29, 0.717) is 6.54 Å². The van der Waals surface area contributed by atoms with Crippen LogP contribution in [0.5, 0.6) is 0 Å². The number of benzene rings is 1. The van der Waals surface area contributed by atoms with Crippen molar-refractivity contribution in [2.75, 3.05) is 13.6 Å². The largest absolute Gasteiger partial charge is 0.351 e. The predicted molar refractivity (Wildman–Crippen MR) is 122 cm³/mol. The van der Waals surface area contributed by atoms with E-state index in [2.05, 4.69) is 51.9 Å². The number of aromatic nitrogens is 2. The van der Waals surface area contributed by atoms with Crippen LogP contribution in [-0.2, 0) is 24.3 Å². The lowest BCUT2D eigenvalue weighted by molar-refractivity contribution is -0.124. The highest BCUT2D eigenvalue weighted by Crippen LogP contribution is 2.33. The molecule has 5 heteroatoms. The molecule has 0 spiro atoms. The molecule has 0 radical (unpaired) electrons. The van der Waals surface area contributed by atoms with Crippen LogP contribution in [0.2, 0.25) is 0 Å². The first-order valence-corrected chi connectivity index (χ1v) is 10.7. The van der Waals surface area contributed by atoms with Crippen LogP contribution < -0.4 is 5.32 Å².